The quantitative estimate of drug-likeness (QED) is 0.370. The molecule has 9 nitrogen and oxygen atoms in total. The van der Waals surface area contributed by atoms with Crippen molar-refractivity contribution in [3.63, 3.8) is 0 Å². The Morgan fingerprint density at radius 2 is 1.95 bits per heavy atom. The van der Waals surface area contributed by atoms with E-state index in [0.29, 0.717) is 43.8 Å². The number of carbonyl (C=O) groups excluding carboxylic acids is 2. The highest BCUT2D eigenvalue weighted by Crippen LogP contribution is 2.27. The van der Waals surface area contributed by atoms with E-state index in [1.807, 2.05) is 50.5 Å². The number of urea groups is 1. The lowest BCUT2D eigenvalue weighted by Gasteiger charge is -2.23. The van der Waals surface area contributed by atoms with Crippen molar-refractivity contribution in [3.05, 3.63) is 47.8 Å². The molecular weight excluding hydrogens is 475 g/mol. The summed E-state index contributed by atoms with van der Waals surface area (Å²) < 4.78 is 21.6. The van der Waals surface area contributed by atoms with Gasteiger partial charge in [0.15, 0.2) is 0 Å². The lowest BCUT2D eigenvalue weighted by Crippen LogP contribution is -2.29. The Bertz CT molecular complexity index is 1320. The molecule has 196 valence electrons. The zero-order valence-electron chi connectivity index (χ0n) is 21.9. The molecule has 0 spiro atoms. The fourth-order valence-electron chi connectivity index (χ4n) is 3.78. The molecule has 0 fully saturated rings. The van der Waals surface area contributed by atoms with Gasteiger partial charge in [0, 0.05) is 38.9 Å². The molecule has 10 heteroatoms. The molecule has 0 aliphatic rings. The van der Waals surface area contributed by atoms with Gasteiger partial charge in [-0.2, -0.15) is 5.26 Å². The molecule has 0 saturated carbocycles. The van der Waals surface area contributed by atoms with Gasteiger partial charge in [-0.05, 0) is 55.2 Å². The third-order valence-corrected chi connectivity index (χ3v) is 5.62. The van der Waals surface area contributed by atoms with E-state index < -0.39 is 11.8 Å². The number of fused-ring (bicyclic) bond motifs is 1. The number of nitrogens with zero attached hydrogens (tertiary/aromatic N) is 4. The number of anilines is 3. The molecule has 37 heavy (non-hydrogen) atoms. The lowest BCUT2D eigenvalue weighted by atomic mass is 9.91. The molecule has 0 unspecified atom stereocenters. The van der Waals surface area contributed by atoms with Gasteiger partial charge >= 0.3 is 6.03 Å². The van der Waals surface area contributed by atoms with Crippen LogP contribution in [0.4, 0.5) is 26.5 Å². The van der Waals surface area contributed by atoms with Crippen LogP contribution in [0.3, 0.4) is 0 Å². The molecule has 0 bridgehead atoms. The lowest BCUT2D eigenvalue weighted by molar-refractivity contribution is -0.120. The molecule has 0 aliphatic heterocycles. The zero-order valence-corrected chi connectivity index (χ0v) is 21.9. The number of nitriles is 1. The number of imidazole rings is 1. The second-order valence-electron chi connectivity index (χ2n) is 9.89. The van der Waals surface area contributed by atoms with Crippen LogP contribution in [0.2, 0.25) is 0 Å². The van der Waals surface area contributed by atoms with Crippen molar-refractivity contribution in [3.8, 4) is 6.07 Å². The Morgan fingerprint density at radius 3 is 2.59 bits per heavy atom. The molecule has 2 aromatic carbocycles. The largest absolute Gasteiger partial charge is 0.382 e. The SMILES string of the molecule is CCOCCCn1c(NC(=O)Nc2ccc(C#N)cc2F)nc2cc(N(C)C(=O)CC(C)(C)C)ccc21. The van der Waals surface area contributed by atoms with E-state index >= 15 is 0 Å². The normalized spacial score (nSPS) is 11.3. The minimum atomic E-state index is -0.716. The summed E-state index contributed by atoms with van der Waals surface area (Å²) in [4.78, 5) is 31.6. The molecule has 3 amide bonds. The van der Waals surface area contributed by atoms with Gasteiger partial charge in [-0.25, -0.2) is 14.2 Å². The van der Waals surface area contributed by atoms with Crippen molar-refractivity contribution in [2.24, 2.45) is 5.41 Å². The van der Waals surface area contributed by atoms with Crippen molar-refractivity contribution in [1.82, 2.24) is 9.55 Å². The third-order valence-electron chi connectivity index (χ3n) is 5.62. The fraction of sp³-hybridized carbons (Fsp3) is 0.407. The summed E-state index contributed by atoms with van der Waals surface area (Å²) in [6.07, 6.45) is 1.08. The molecule has 0 radical (unpaired) electrons. The maximum absolute atomic E-state index is 14.2. The second kappa shape index (κ2) is 11.8. The van der Waals surface area contributed by atoms with Crippen LogP contribution in [-0.2, 0) is 16.1 Å². The van der Waals surface area contributed by atoms with E-state index in [9.17, 15) is 14.0 Å². The van der Waals surface area contributed by atoms with Crippen molar-refractivity contribution in [2.45, 2.75) is 47.1 Å². The predicted molar refractivity (Wildman–Crippen MR) is 142 cm³/mol. The van der Waals surface area contributed by atoms with E-state index in [2.05, 4.69) is 15.6 Å². The van der Waals surface area contributed by atoms with Crippen LogP contribution in [-0.4, -0.2) is 41.8 Å². The van der Waals surface area contributed by atoms with E-state index in [-0.39, 0.29) is 28.5 Å². The summed E-state index contributed by atoms with van der Waals surface area (Å²) in [5.41, 5.74) is 2.02. The van der Waals surface area contributed by atoms with E-state index in [0.717, 1.165) is 11.6 Å². The van der Waals surface area contributed by atoms with Crippen molar-refractivity contribution < 1.29 is 18.7 Å². The number of nitrogens with one attached hydrogen (secondary N) is 2. The number of carbonyl (C=O) groups is 2. The van der Waals surface area contributed by atoms with Crippen LogP contribution < -0.4 is 15.5 Å². The Labute approximate surface area is 216 Å². The number of rotatable bonds is 9. The van der Waals surface area contributed by atoms with Gasteiger partial charge < -0.3 is 19.5 Å². The van der Waals surface area contributed by atoms with E-state index in [1.54, 1.807) is 18.0 Å². The van der Waals surface area contributed by atoms with Gasteiger partial charge in [-0.3, -0.25) is 10.1 Å². The standard InChI is InChI=1S/C27H33FN6O3/c1-6-37-13-7-12-34-23-11-9-19(33(5)24(35)16-27(2,3)4)15-22(23)30-25(34)32-26(36)31-21-10-8-18(17-29)14-20(21)28/h8-11,14-15H,6-7,12-13,16H2,1-5H3,(H2,30,31,32,36). The first-order valence-electron chi connectivity index (χ1n) is 12.1. The average molecular weight is 509 g/mol. The van der Waals surface area contributed by atoms with Crippen molar-refractivity contribution >= 4 is 40.3 Å². The van der Waals surface area contributed by atoms with Crippen molar-refractivity contribution in [1.29, 1.82) is 5.26 Å². The van der Waals surface area contributed by atoms with Crippen LogP contribution in [0.5, 0.6) is 0 Å². The number of aryl methyl sites for hydroxylation is 1. The van der Waals surface area contributed by atoms with Crippen LogP contribution in [0.25, 0.3) is 11.0 Å². The van der Waals surface area contributed by atoms with Gasteiger partial charge in [0.1, 0.15) is 5.82 Å². The fourth-order valence-corrected chi connectivity index (χ4v) is 3.78. The molecule has 1 aromatic heterocycles. The number of benzene rings is 2. The number of hydrogen-bond donors (Lipinski definition) is 2. The van der Waals surface area contributed by atoms with Crippen LogP contribution >= 0.6 is 0 Å². The molecule has 0 saturated heterocycles. The molecule has 3 rings (SSSR count). The zero-order chi connectivity index (χ0) is 27.2. The molecule has 1 heterocycles. The smallest absolute Gasteiger partial charge is 0.326 e. The van der Waals surface area contributed by atoms with Crippen LogP contribution in [0.15, 0.2) is 36.4 Å². The molecule has 0 aliphatic carbocycles. The van der Waals surface area contributed by atoms with E-state index in [1.165, 1.54) is 12.1 Å². The Morgan fingerprint density at radius 1 is 1.19 bits per heavy atom. The molecule has 2 N–H and O–H groups in total. The first-order valence-corrected chi connectivity index (χ1v) is 12.1. The monoisotopic (exact) mass is 508 g/mol. The minimum absolute atomic E-state index is 0.00911. The van der Waals surface area contributed by atoms with Gasteiger partial charge in [-0.1, -0.05) is 20.8 Å². The van der Waals surface area contributed by atoms with Gasteiger partial charge in [0.25, 0.3) is 0 Å². The Hall–Kier alpha value is -3.97. The highest BCUT2D eigenvalue weighted by Gasteiger charge is 2.21. The highest BCUT2D eigenvalue weighted by molar-refractivity contribution is 6.00. The Kier molecular flexibility index (Phi) is 8.84. The summed E-state index contributed by atoms with van der Waals surface area (Å²) in [6, 6.07) is 10.5. The maximum Gasteiger partial charge on any atom is 0.326 e. The topological polar surface area (TPSA) is 112 Å². The first kappa shape index (κ1) is 27.6. The summed E-state index contributed by atoms with van der Waals surface area (Å²) in [5.74, 6) is -0.448. The second-order valence-corrected chi connectivity index (χ2v) is 9.89. The van der Waals surface area contributed by atoms with Gasteiger partial charge in [-0.15, -0.1) is 0 Å². The van der Waals surface area contributed by atoms with Crippen LogP contribution in [0.1, 0.15) is 46.1 Å². The van der Waals surface area contributed by atoms with Crippen molar-refractivity contribution in [2.75, 3.05) is 35.8 Å². The Balaban J connectivity index is 1.87. The van der Waals surface area contributed by atoms with Gasteiger partial charge in [0.05, 0.1) is 28.4 Å². The molecular formula is C27H33FN6O3. The first-order chi connectivity index (χ1) is 17.5. The number of aromatic nitrogens is 2. The van der Waals surface area contributed by atoms with Gasteiger partial charge in [0.2, 0.25) is 11.9 Å². The number of hydrogen-bond acceptors (Lipinski definition) is 5. The average Bonchev–Trinajstić information content (AvgIpc) is 3.17. The molecule has 3 aromatic rings. The minimum Gasteiger partial charge on any atom is -0.382 e. The predicted octanol–water partition coefficient (Wildman–Crippen LogP) is 5.52. The summed E-state index contributed by atoms with van der Waals surface area (Å²) in [7, 11) is 1.73. The molecule has 0 atom stereocenters. The van der Waals surface area contributed by atoms with E-state index in [4.69, 9.17) is 10.00 Å². The summed E-state index contributed by atoms with van der Waals surface area (Å²) in [5, 5.41) is 14.1. The number of halogens is 1. The maximum atomic E-state index is 14.2. The summed E-state index contributed by atoms with van der Waals surface area (Å²) in [6.45, 7) is 9.63. The number of amides is 3. The third kappa shape index (κ3) is 7.27. The highest BCUT2D eigenvalue weighted by atomic mass is 19.1. The number of ether oxygens (including phenoxy) is 1. The summed E-state index contributed by atoms with van der Waals surface area (Å²) >= 11 is 0. The van der Waals surface area contributed by atoms with Crippen LogP contribution in [0, 0.1) is 22.6 Å².